The molecule has 17 heavy (non-hydrogen) atoms. The summed E-state index contributed by atoms with van der Waals surface area (Å²) in [7, 11) is 0. The Labute approximate surface area is 104 Å². The number of amides is 1. The van der Waals surface area contributed by atoms with Gasteiger partial charge < -0.3 is 9.64 Å². The first-order valence-electron chi connectivity index (χ1n) is 5.28. The van der Waals surface area contributed by atoms with E-state index in [9.17, 15) is 4.79 Å². The van der Waals surface area contributed by atoms with Gasteiger partial charge in [-0.3, -0.25) is 4.79 Å². The molecule has 0 radical (unpaired) electrons. The Kier molecular flexibility index (Phi) is 3.21. The number of fused-ring (bicyclic) bond motifs is 1. The smallest absolute Gasteiger partial charge is 0.267 e. The van der Waals surface area contributed by atoms with Gasteiger partial charge in [0.05, 0.1) is 18.2 Å². The third-order valence-corrected chi connectivity index (χ3v) is 2.81. The van der Waals surface area contributed by atoms with Crippen LogP contribution < -0.4 is 9.64 Å². The van der Waals surface area contributed by atoms with E-state index >= 15 is 0 Å². The van der Waals surface area contributed by atoms with Crippen LogP contribution in [0.4, 0.5) is 5.69 Å². The van der Waals surface area contributed by atoms with Crippen LogP contribution in [0.25, 0.3) is 0 Å². The molecule has 0 N–H and O–H groups in total. The summed E-state index contributed by atoms with van der Waals surface area (Å²) in [5, 5.41) is 9.14. The van der Waals surface area contributed by atoms with E-state index in [4.69, 9.17) is 21.6 Å². The van der Waals surface area contributed by atoms with Crippen LogP contribution in [0.15, 0.2) is 18.2 Å². The number of ether oxygens (including phenoxy) is 1. The van der Waals surface area contributed by atoms with Crippen LogP contribution in [0.3, 0.4) is 0 Å². The molecule has 5 heteroatoms. The molecule has 0 saturated heterocycles. The predicted octanol–water partition coefficient (Wildman–Crippen LogP) is 2.37. The van der Waals surface area contributed by atoms with Crippen molar-refractivity contribution in [3.05, 3.63) is 23.2 Å². The van der Waals surface area contributed by atoms with Gasteiger partial charge in [0.15, 0.2) is 6.10 Å². The molecule has 2 rings (SSSR count). The first-order chi connectivity index (χ1) is 8.13. The lowest BCUT2D eigenvalue weighted by Gasteiger charge is -2.32. The molecule has 0 spiro atoms. The summed E-state index contributed by atoms with van der Waals surface area (Å²) in [4.78, 5) is 13.5. The number of benzene rings is 1. The molecule has 0 unspecified atom stereocenters. The number of hydrogen-bond acceptors (Lipinski definition) is 3. The monoisotopic (exact) mass is 250 g/mol. The highest BCUT2D eigenvalue weighted by molar-refractivity contribution is 6.31. The standard InChI is InChI=1S/C12H11ClN2O2/c1-8-12(16)15(6-2-5-14)10-7-9(13)3-4-11(10)17-8/h3-4,7-8H,2,6H2,1H3/t8-/m0/s1. The van der Waals surface area contributed by atoms with Crippen molar-refractivity contribution >= 4 is 23.2 Å². The van der Waals surface area contributed by atoms with E-state index in [0.717, 1.165) is 0 Å². The highest BCUT2D eigenvalue weighted by Crippen LogP contribution is 2.36. The van der Waals surface area contributed by atoms with Gasteiger partial charge in [-0.1, -0.05) is 11.6 Å². The Morgan fingerprint density at radius 3 is 3.06 bits per heavy atom. The van der Waals surface area contributed by atoms with Gasteiger partial charge in [0, 0.05) is 11.6 Å². The van der Waals surface area contributed by atoms with Gasteiger partial charge in [0.25, 0.3) is 5.91 Å². The topological polar surface area (TPSA) is 53.3 Å². The van der Waals surface area contributed by atoms with Crippen molar-refractivity contribution in [1.82, 2.24) is 0 Å². The zero-order valence-electron chi connectivity index (χ0n) is 9.31. The van der Waals surface area contributed by atoms with E-state index in [-0.39, 0.29) is 12.3 Å². The Morgan fingerprint density at radius 2 is 2.35 bits per heavy atom. The van der Waals surface area contributed by atoms with E-state index in [0.29, 0.717) is 23.0 Å². The fourth-order valence-corrected chi connectivity index (χ4v) is 1.94. The van der Waals surface area contributed by atoms with Crippen LogP contribution in [0, 0.1) is 11.3 Å². The zero-order chi connectivity index (χ0) is 12.4. The van der Waals surface area contributed by atoms with Crippen molar-refractivity contribution in [2.24, 2.45) is 0 Å². The van der Waals surface area contributed by atoms with Crippen molar-refractivity contribution in [2.75, 3.05) is 11.4 Å². The molecule has 88 valence electrons. The van der Waals surface area contributed by atoms with Gasteiger partial charge in [-0.2, -0.15) is 5.26 Å². The van der Waals surface area contributed by atoms with Crippen LogP contribution in [0.2, 0.25) is 5.02 Å². The van der Waals surface area contributed by atoms with Crippen LogP contribution in [-0.4, -0.2) is 18.6 Å². The summed E-state index contributed by atoms with van der Waals surface area (Å²) in [6.07, 6.45) is -0.243. The number of carbonyl (C=O) groups is 1. The summed E-state index contributed by atoms with van der Waals surface area (Å²) in [5.41, 5.74) is 0.635. The molecular weight excluding hydrogens is 240 g/mol. The van der Waals surface area contributed by atoms with Crippen molar-refractivity contribution in [3.63, 3.8) is 0 Å². The number of nitrogens with zero attached hydrogens (tertiary/aromatic N) is 2. The maximum atomic E-state index is 12.0. The normalized spacial score (nSPS) is 18.3. The Morgan fingerprint density at radius 1 is 1.59 bits per heavy atom. The van der Waals surface area contributed by atoms with Gasteiger partial charge in [-0.25, -0.2) is 0 Å². The second kappa shape index (κ2) is 4.64. The zero-order valence-corrected chi connectivity index (χ0v) is 10.1. The highest BCUT2D eigenvalue weighted by Gasteiger charge is 2.31. The molecule has 1 amide bonds. The number of nitriles is 1. The van der Waals surface area contributed by atoms with Crippen molar-refractivity contribution < 1.29 is 9.53 Å². The maximum absolute atomic E-state index is 12.0. The molecule has 1 aromatic rings. The largest absolute Gasteiger partial charge is 0.479 e. The second-order valence-corrected chi connectivity index (χ2v) is 4.21. The summed E-state index contributed by atoms with van der Waals surface area (Å²) >= 11 is 5.90. The molecule has 1 aliphatic rings. The summed E-state index contributed by atoms with van der Waals surface area (Å²) in [6, 6.07) is 7.16. The minimum atomic E-state index is -0.526. The molecule has 0 aliphatic carbocycles. The molecule has 0 bridgehead atoms. The molecule has 1 aromatic carbocycles. The lowest BCUT2D eigenvalue weighted by molar-refractivity contribution is -0.125. The first-order valence-corrected chi connectivity index (χ1v) is 5.66. The van der Waals surface area contributed by atoms with Crippen LogP contribution in [-0.2, 0) is 4.79 Å². The molecule has 0 saturated carbocycles. The number of halogens is 1. The SMILES string of the molecule is C[C@@H]1Oc2ccc(Cl)cc2N(CCC#N)C1=O. The van der Waals surface area contributed by atoms with Crippen molar-refractivity contribution in [1.29, 1.82) is 5.26 Å². The summed E-state index contributed by atoms with van der Waals surface area (Å²) in [6.45, 7) is 2.05. The van der Waals surface area contributed by atoms with E-state index in [1.807, 2.05) is 6.07 Å². The fraction of sp³-hybridized carbons (Fsp3) is 0.333. The van der Waals surface area contributed by atoms with Gasteiger partial charge in [-0.15, -0.1) is 0 Å². The molecule has 4 nitrogen and oxygen atoms in total. The van der Waals surface area contributed by atoms with Crippen LogP contribution >= 0.6 is 11.6 Å². The summed E-state index contributed by atoms with van der Waals surface area (Å²) < 4.78 is 5.48. The Hall–Kier alpha value is -1.73. The van der Waals surface area contributed by atoms with Crippen molar-refractivity contribution in [3.8, 4) is 11.8 Å². The maximum Gasteiger partial charge on any atom is 0.267 e. The van der Waals surface area contributed by atoms with Gasteiger partial charge in [0.2, 0.25) is 0 Å². The lowest BCUT2D eigenvalue weighted by atomic mass is 10.2. The molecule has 1 atom stereocenters. The minimum Gasteiger partial charge on any atom is -0.479 e. The number of rotatable bonds is 2. The third kappa shape index (κ3) is 2.20. The lowest BCUT2D eigenvalue weighted by Crippen LogP contribution is -2.44. The van der Waals surface area contributed by atoms with Gasteiger partial charge >= 0.3 is 0 Å². The van der Waals surface area contributed by atoms with E-state index in [1.54, 1.807) is 30.0 Å². The van der Waals surface area contributed by atoms with Crippen LogP contribution in [0.5, 0.6) is 5.75 Å². The molecule has 0 aromatic heterocycles. The van der Waals surface area contributed by atoms with E-state index < -0.39 is 6.10 Å². The Bertz CT molecular complexity index is 496. The molecule has 1 heterocycles. The van der Waals surface area contributed by atoms with Crippen molar-refractivity contribution in [2.45, 2.75) is 19.4 Å². The third-order valence-electron chi connectivity index (χ3n) is 2.58. The highest BCUT2D eigenvalue weighted by atomic mass is 35.5. The minimum absolute atomic E-state index is 0.144. The average molecular weight is 251 g/mol. The second-order valence-electron chi connectivity index (χ2n) is 3.77. The molecule has 0 fully saturated rings. The Balaban J connectivity index is 2.40. The number of hydrogen-bond donors (Lipinski definition) is 0. The first kappa shape index (κ1) is 11.7. The number of anilines is 1. The van der Waals surface area contributed by atoms with Gasteiger partial charge in [-0.05, 0) is 25.1 Å². The van der Waals surface area contributed by atoms with E-state index in [1.165, 1.54) is 0 Å². The average Bonchev–Trinajstić information content (AvgIpc) is 2.31. The van der Waals surface area contributed by atoms with E-state index in [2.05, 4.69) is 0 Å². The fourth-order valence-electron chi connectivity index (χ4n) is 1.77. The molecular formula is C12H11ClN2O2. The van der Waals surface area contributed by atoms with Crippen LogP contribution in [0.1, 0.15) is 13.3 Å². The number of carbonyl (C=O) groups excluding carboxylic acids is 1. The molecule has 1 aliphatic heterocycles. The predicted molar refractivity (Wildman–Crippen MR) is 64.1 cm³/mol. The van der Waals surface area contributed by atoms with Gasteiger partial charge in [0.1, 0.15) is 5.75 Å². The quantitative estimate of drug-likeness (QED) is 0.810. The summed E-state index contributed by atoms with van der Waals surface area (Å²) in [5.74, 6) is 0.481.